The second-order valence-electron chi connectivity index (χ2n) is 8.93. The van der Waals surface area contributed by atoms with Crippen molar-refractivity contribution in [3.63, 3.8) is 0 Å². The number of alkyl halides is 3. The first-order chi connectivity index (χ1) is 15.5. The number of halogens is 4. The maximum atomic E-state index is 13.5. The van der Waals surface area contributed by atoms with Crippen LogP contribution >= 0.6 is 50.7 Å². The minimum absolute atomic E-state index is 0.0934. The lowest BCUT2D eigenvalue weighted by atomic mass is 9.56. The van der Waals surface area contributed by atoms with E-state index in [9.17, 15) is 24.3 Å². The number of amides is 4. The summed E-state index contributed by atoms with van der Waals surface area (Å²) < 4.78 is 0. The van der Waals surface area contributed by atoms with E-state index in [0.717, 1.165) is 9.80 Å². The number of imide groups is 2. The maximum Gasteiger partial charge on any atom is 0.254 e. The fraction of sp³-hybridized carbons (Fsp3) is 0.455. The van der Waals surface area contributed by atoms with Crippen LogP contribution in [-0.4, -0.2) is 60.8 Å². The third-order valence-electron chi connectivity index (χ3n) is 7.54. The largest absolute Gasteiger partial charge is 0.508 e. The second-order valence-corrected chi connectivity index (χ2v) is 11.1. The lowest BCUT2D eigenvalue weighted by Crippen LogP contribution is -2.60. The van der Waals surface area contributed by atoms with E-state index < -0.39 is 45.2 Å². The van der Waals surface area contributed by atoms with Crippen molar-refractivity contribution >= 4 is 74.4 Å². The highest BCUT2D eigenvalue weighted by molar-refractivity contribution is 9.09. The van der Waals surface area contributed by atoms with Crippen LogP contribution in [0, 0.1) is 17.8 Å². The monoisotopic (exact) mass is 574 g/mol. The van der Waals surface area contributed by atoms with Crippen LogP contribution in [0.15, 0.2) is 29.8 Å². The van der Waals surface area contributed by atoms with Gasteiger partial charge in [-0.15, -0.1) is 23.2 Å². The molecule has 1 N–H and O–H groups in total. The molecule has 1 saturated carbocycles. The van der Waals surface area contributed by atoms with Crippen molar-refractivity contribution in [1.82, 2.24) is 9.80 Å². The summed E-state index contributed by atoms with van der Waals surface area (Å²) in [5.74, 6) is -5.16. The Morgan fingerprint density at radius 3 is 2.48 bits per heavy atom. The predicted molar refractivity (Wildman–Crippen MR) is 124 cm³/mol. The molecule has 33 heavy (non-hydrogen) atoms. The molecule has 2 aliphatic heterocycles. The Balaban J connectivity index is 1.78. The minimum atomic E-state index is -1.96. The summed E-state index contributed by atoms with van der Waals surface area (Å²) in [5, 5.41) is 11.1. The molecule has 0 spiro atoms. The molecule has 11 heteroatoms. The first-order valence-corrected chi connectivity index (χ1v) is 12.5. The molecule has 7 nitrogen and oxygen atoms in total. The van der Waals surface area contributed by atoms with Gasteiger partial charge >= 0.3 is 0 Å². The molecule has 6 atom stereocenters. The molecular formula is C22H18BrCl3N2O5. The highest BCUT2D eigenvalue weighted by Gasteiger charge is 2.76. The number of phenolic OH excluding ortho intramolecular Hbond substituents is 1. The number of hydrogen-bond donors (Lipinski definition) is 1. The first-order valence-electron chi connectivity index (χ1n) is 10.3. The number of phenols is 1. The normalized spacial score (nSPS) is 37.8. The zero-order chi connectivity index (χ0) is 24.0. The topological polar surface area (TPSA) is 95.0 Å². The van der Waals surface area contributed by atoms with Gasteiger partial charge in [0.05, 0.1) is 17.3 Å². The van der Waals surface area contributed by atoms with E-state index in [1.54, 1.807) is 6.08 Å². The number of nitrogens with zero attached hydrogens (tertiary/aromatic N) is 2. The molecule has 1 aromatic rings. The fourth-order valence-corrected chi connectivity index (χ4v) is 7.61. The van der Waals surface area contributed by atoms with Crippen LogP contribution in [0.4, 0.5) is 0 Å². The molecule has 1 aromatic carbocycles. The number of benzene rings is 1. The molecule has 174 valence electrons. The van der Waals surface area contributed by atoms with E-state index in [2.05, 4.69) is 15.9 Å². The SMILES string of the molecule is CN1C(=O)[C@H]2[C@H](CC=C3[C@H]2C[C@@]2(Cl)C(=O)N(CBr)C(=O)[C@@]2(Cl)[C@H]3c2cc(Cl)ccc2O)C1=O. The summed E-state index contributed by atoms with van der Waals surface area (Å²) in [4.78, 5) is 50.9. The average Bonchev–Trinajstić information content (AvgIpc) is 3.08. The standard InChI is InChI=1S/C22H18BrCl3N2O5/c1-27-17(30)11-4-3-10-13(15(11)18(27)31)7-21(25)19(32)28(8-23)20(33)22(21,26)16(10)12-6-9(24)2-5-14(12)29/h2-3,5-6,11,13,15-16,29H,4,7-8H2,1H3/t11-,13+,15-,16+,21+,22-/m0/s1. The van der Waals surface area contributed by atoms with Crippen molar-refractivity contribution in [2.45, 2.75) is 28.5 Å². The molecule has 4 amide bonds. The third-order valence-corrected chi connectivity index (χ3v) is 9.69. The van der Waals surface area contributed by atoms with Crippen LogP contribution in [0.5, 0.6) is 5.75 Å². The molecule has 2 aliphatic carbocycles. The second kappa shape index (κ2) is 7.44. The van der Waals surface area contributed by atoms with Crippen molar-refractivity contribution in [1.29, 1.82) is 0 Å². The van der Waals surface area contributed by atoms with Crippen LogP contribution in [-0.2, 0) is 19.2 Å². The van der Waals surface area contributed by atoms with E-state index in [1.165, 1.54) is 25.2 Å². The molecule has 2 heterocycles. The molecule has 3 fully saturated rings. The smallest absolute Gasteiger partial charge is 0.254 e. The van der Waals surface area contributed by atoms with E-state index in [0.29, 0.717) is 10.6 Å². The van der Waals surface area contributed by atoms with Crippen LogP contribution in [0.3, 0.4) is 0 Å². The molecule has 5 rings (SSSR count). The van der Waals surface area contributed by atoms with Crippen LogP contribution in [0.1, 0.15) is 24.3 Å². The third kappa shape index (κ3) is 2.75. The Labute approximate surface area is 212 Å². The van der Waals surface area contributed by atoms with Gasteiger partial charge in [0.2, 0.25) is 11.8 Å². The fourth-order valence-electron chi connectivity index (χ4n) is 6.01. The number of hydrogen-bond acceptors (Lipinski definition) is 5. The van der Waals surface area contributed by atoms with Crippen LogP contribution < -0.4 is 0 Å². The Hall–Kier alpha value is -1.61. The van der Waals surface area contributed by atoms with Crippen LogP contribution in [0.25, 0.3) is 0 Å². The Kier molecular flexibility index (Phi) is 5.22. The Morgan fingerprint density at radius 2 is 1.82 bits per heavy atom. The summed E-state index contributed by atoms with van der Waals surface area (Å²) in [6.07, 6.45) is 1.98. The van der Waals surface area contributed by atoms with Gasteiger partial charge in [0.25, 0.3) is 11.8 Å². The number of likely N-dealkylation sites (tertiary alicyclic amines) is 2. The molecule has 4 aliphatic rings. The molecule has 2 saturated heterocycles. The van der Waals surface area contributed by atoms with Gasteiger partial charge in [0, 0.05) is 23.6 Å². The summed E-state index contributed by atoms with van der Waals surface area (Å²) in [6.45, 7) is 0. The van der Waals surface area contributed by atoms with Gasteiger partial charge in [-0.2, -0.15) is 0 Å². The number of rotatable bonds is 2. The summed E-state index contributed by atoms with van der Waals surface area (Å²) in [6, 6.07) is 4.35. The van der Waals surface area contributed by atoms with Gasteiger partial charge in [-0.3, -0.25) is 29.0 Å². The average molecular weight is 577 g/mol. The zero-order valence-corrected chi connectivity index (χ0v) is 21.1. The van der Waals surface area contributed by atoms with Crippen molar-refractivity contribution in [2.24, 2.45) is 17.8 Å². The molecular weight excluding hydrogens is 559 g/mol. The van der Waals surface area contributed by atoms with Crippen molar-refractivity contribution in [2.75, 3.05) is 12.5 Å². The molecule has 0 aromatic heterocycles. The van der Waals surface area contributed by atoms with Gasteiger partial charge in [0.1, 0.15) is 5.75 Å². The lowest BCUT2D eigenvalue weighted by Gasteiger charge is -2.50. The maximum absolute atomic E-state index is 13.5. The van der Waals surface area contributed by atoms with Gasteiger partial charge < -0.3 is 5.11 Å². The number of aromatic hydroxyl groups is 1. The predicted octanol–water partition coefficient (Wildman–Crippen LogP) is 3.39. The highest BCUT2D eigenvalue weighted by Crippen LogP contribution is 2.66. The number of allylic oxidation sites excluding steroid dienone is 2. The minimum Gasteiger partial charge on any atom is -0.508 e. The van der Waals surface area contributed by atoms with Crippen molar-refractivity contribution in [3.05, 3.63) is 40.4 Å². The van der Waals surface area contributed by atoms with Gasteiger partial charge in [-0.25, -0.2) is 0 Å². The van der Waals surface area contributed by atoms with Gasteiger partial charge in [0.15, 0.2) is 9.75 Å². The number of carbonyl (C=O) groups excluding carboxylic acids is 4. The van der Waals surface area contributed by atoms with Crippen molar-refractivity contribution < 1.29 is 24.3 Å². The molecule has 0 bridgehead atoms. The summed E-state index contributed by atoms with van der Waals surface area (Å²) >= 11 is 23.5. The van der Waals surface area contributed by atoms with E-state index >= 15 is 0 Å². The Morgan fingerprint density at radius 1 is 1.12 bits per heavy atom. The van der Waals surface area contributed by atoms with E-state index in [4.69, 9.17) is 34.8 Å². The van der Waals surface area contributed by atoms with Crippen LogP contribution in [0.2, 0.25) is 5.02 Å². The zero-order valence-electron chi connectivity index (χ0n) is 17.2. The number of carbonyl (C=O) groups is 4. The van der Waals surface area contributed by atoms with Gasteiger partial charge in [-0.1, -0.05) is 39.2 Å². The highest BCUT2D eigenvalue weighted by atomic mass is 79.9. The van der Waals surface area contributed by atoms with Crippen molar-refractivity contribution in [3.8, 4) is 5.75 Å². The summed E-state index contributed by atoms with van der Waals surface area (Å²) in [5.41, 5.74) is 0.728. The number of fused-ring (bicyclic) bond motifs is 4. The van der Waals surface area contributed by atoms with E-state index in [-0.39, 0.29) is 41.4 Å². The van der Waals surface area contributed by atoms with E-state index in [1.807, 2.05) is 0 Å². The quantitative estimate of drug-likeness (QED) is 0.252. The first kappa shape index (κ1) is 23.1. The lowest BCUT2D eigenvalue weighted by molar-refractivity contribution is -0.140. The summed E-state index contributed by atoms with van der Waals surface area (Å²) in [7, 11) is 1.44. The molecule has 0 radical (unpaired) electrons. The Bertz CT molecular complexity index is 1170. The molecule has 0 unspecified atom stereocenters. The van der Waals surface area contributed by atoms with Gasteiger partial charge in [-0.05, 0) is 37.0 Å².